The second-order valence-electron chi connectivity index (χ2n) is 8.85. The Labute approximate surface area is 213 Å². The fourth-order valence-electron chi connectivity index (χ4n) is 4.22. The molecule has 0 bridgehead atoms. The van der Waals surface area contributed by atoms with Gasteiger partial charge < -0.3 is 31.3 Å². The Morgan fingerprint density at radius 3 is 2.64 bits per heavy atom. The molecule has 2 atom stereocenters. The Bertz CT molecular complexity index is 1230. The number of hydrogen-bond donors (Lipinski definition) is 4. The van der Waals surface area contributed by atoms with Crippen molar-refractivity contribution in [2.75, 3.05) is 42.4 Å². The SMILES string of the molecule is Cc1cc(Nc2nc(N3CCC[C@@H](NC(=O)c4ccc(N(C)C)cc4)[C@@H]3CO)cnc2C(N)=O)sn1. The zero-order valence-corrected chi connectivity index (χ0v) is 21.2. The van der Waals surface area contributed by atoms with Crippen molar-refractivity contribution in [2.24, 2.45) is 5.73 Å². The first-order valence-electron chi connectivity index (χ1n) is 11.6. The number of aryl methyl sites for hydroxylation is 1. The number of piperidine rings is 1. The van der Waals surface area contributed by atoms with E-state index in [1.54, 1.807) is 12.1 Å². The summed E-state index contributed by atoms with van der Waals surface area (Å²) in [4.78, 5) is 37.7. The highest BCUT2D eigenvalue weighted by Gasteiger charge is 2.34. The normalized spacial score (nSPS) is 17.5. The number of aliphatic hydroxyl groups is 1. The van der Waals surface area contributed by atoms with Crippen LogP contribution in [0.4, 0.5) is 22.3 Å². The summed E-state index contributed by atoms with van der Waals surface area (Å²) in [6.45, 7) is 2.28. The average molecular weight is 511 g/mol. The van der Waals surface area contributed by atoms with Crippen LogP contribution < -0.4 is 26.2 Å². The molecule has 2 aromatic heterocycles. The van der Waals surface area contributed by atoms with E-state index in [1.165, 1.54) is 17.7 Å². The lowest BCUT2D eigenvalue weighted by molar-refractivity contribution is 0.0910. The standard InChI is InChI=1S/C24H30N8O3S/c1-14-11-20(36-30-14)29-23-21(22(25)34)26-12-19(28-23)32-10-4-5-17(18(32)13-33)27-24(35)15-6-8-16(9-7-15)31(2)3/h6-9,11-12,17-18,33H,4-5,10,13H2,1-3H3,(H2,25,34)(H,27,35)(H,28,29)/t17-,18+/m1/s1. The van der Waals surface area contributed by atoms with E-state index >= 15 is 0 Å². The number of rotatable bonds is 8. The molecule has 1 aliphatic heterocycles. The minimum atomic E-state index is -0.708. The summed E-state index contributed by atoms with van der Waals surface area (Å²) in [5.41, 5.74) is 7.90. The van der Waals surface area contributed by atoms with Gasteiger partial charge in [-0.3, -0.25) is 9.59 Å². The molecule has 0 unspecified atom stereocenters. The van der Waals surface area contributed by atoms with Crippen LogP contribution in [0.3, 0.4) is 0 Å². The van der Waals surface area contributed by atoms with E-state index in [2.05, 4.69) is 25.0 Å². The minimum Gasteiger partial charge on any atom is -0.394 e. The highest BCUT2D eigenvalue weighted by atomic mass is 32.1. The van der Waals surface area contributed by atoms with Crippen LogP contribution in [0.2, 0.25) is 0 Å². The summed E-state index contributed by atoms with van der Waals surface area (Å²) in [6, 6.07) is 8.46. The molecular formula is C24H30N8O3S. The first-order valence-corrected chi connectivity index (χ1v) is 12.4. The number of carbonyl (C=O) groups excluding carboxylic acids is 2. The van der Waals surface area contributed by atoms with Gasteiger partial charge in [0.2, 0.25) is 0 Å². The van der Waals surface area contributed by atoms with Gasteiger partial charge in [-0.2, -0.15) is 4.37 Å². The van der Waals surface area contributed by atoms with Crippen LogP contribution in [-0.2, 0) is 0 Å². The lowest BCUT2D eigenvalue weighted by atomic mass is 9.96. The number of benzene rings is 1. The minimum absolute atomic E-state index is 0.00776. The molecule has 3 aromatic rings. The average Bonchev–Trinajstić information content (AvgIpc) is 3.28. The van der Waals surface area contributed by atoms with E-state index in [-0.39, 0.29) is 30.1 Å². The zero-order chi connectivity index (χ0) is 25.8. The number of anilines is 4. The Morgan fingerprint density at radius 1 is 1.28 bits per heavy atom. The molecule has 1 aromatic carbocycles. The first kappa shape index (κ1) is 25.3. The van der Waals surface area contributed by atoms with E-state index in [1.807, 2.05) is 49.0 Å². The molecule has 12 heteroatoms. The van der Waals surface area contributed by atoms with Crippen LogP contribution in [-0.4, -0.2) is 70.6 Å². The van der Waals surface area contributed by atoms with Crippen molar-refractivity contribution >= 4 is 45.7 Å². The Balaban J connectivity index is 1.55. The van der Waals surface area contributed by atoms with Crippen LogP contribution >= 0.6 is 11.5 Å². The molecule has 0 spiro atoms. The molecule has 0 saturated carbocycles. The number of primary amides is 1. The highest BCUT2D eigenvalue weighted by molar-refractivity contribution is 7.10. The van der Waals surface area contributed by atoms with Gasteiger partial charge in [-0.15, -0.1) is 0 Å². The fourth-order valence-corrected chi connectivity index (χ4v) is 4.88. The number of hydrogen-bond acceptors (Lipinski definition) is 10. The number of nitrogens with zero attached hydrogens (tertiary/aromatic N) is 5. The maximum absolute atomic E-state index is 13.0. The Morgan fingerprint density at radius 2 is 2.03 bits per heavy atom. The second kappa shape index (κ2) is 10.9. The van der Waals surface area contributed by atoms with Crippen molar-refractivity contribution in [3.05, 3.63) is 53.5 Å². The third kappa shape index (κ3) is 5.55. The van der Waals surface area contributed by atoms with Gasteiger partial charge >= 0.3 is 0 Å². The first-order chi connectivity index (χ1) is 17.3. The highest BCUT2D eigenvalue weighted by Crippen LogP contribution is 2.28. The van der Waals surface area contributed by atoms with Gasteiger partial charge in [0.15, 0.2) is 11.5 Å². The van der Waals surface area contributed by atoms with Gasteiger partial charge in [-0.1, -0.05) is 0 Å². The van der Waals surface area contributed by atoms with Crippen LogP contribution in [0.15, 0.2) is 36.5 Å². The molecule has 0 aliphatic carbocycles. The summed E-state index contributed by atoms with van der Waals surface area (Å²) in [6.07, 6.45) is 2.95. The maximum atomic E-state index is 13.0. The largest absolute Gasteiger partial charge is 0.394 e. The van der Waals surface area contributed by atoms with E-state index in [9.17, 15) is 14.7 Å². The van der Waals surface area contributed by atoms with Crippen molar-refractivity contribution in [1.29, 1.82) is 0 Å². The Kier molecular flexibility index (Phi) is 7.65. The molecule has 2 amide bonds. The number of aliphatic hydroxyl groups excluding tert-OH is 1. The van der Waals surface area contributed by atoms with Crippen LogP contribution in [0, 0.1) is 6.92 Å². The number of aromatic nitrogens is 3. The molecule has 190 valence electrons. The number of amides is 2. The van der Waals surface area contributed by atoms with Gasteiger partial charge in [0.05, 0.1) is 30.6 Å². The predicted molar refractivity (Wildman–Crippen MR) is 140 cm³/mol. The molecule has 1 aliphatic rings. The summed E-state index contributed by atoms with van der Waals surface area (Å²) in [7, 11) is 3.88. The molecule has 11 nitrogen and oxygen atoms in total. The van der Waals surface area contributed by atoms with Crippen molar-refractivity contribution in [1.82, 2.24) is 19.7 Å². The summed E-state index contributed by atoms with van der Waals surface area (Å²) in [5, 5.41) is 17.1. The van der Waals surface area contributed by atoms with E-state index in [4.69, 9.17) is 5.73 Å². The smallest absolute Gasteiger partial charge is 0.271 e. The molecule has 3 heterocycles. The molecule has 36 heavy (non-hydrogen) atoms. The number of nitrogens with one attached hydrogen (secondary N) is 2. The lowest BCUT2D eigenvalue weighted by Gasteiger charge is -2.41. The van der Waals surface area contributed by atoms with Crippen molar-refractivity contribution in [2.45, 2.75) is 31.8 Å². The quantitative estimate of drug-likeness (QED) is 0.356. The second-order valence-corrected chi connectivity index (χ2v) is 9.66. The monoisotopic (exact) mass is 510 g/mol. The van der Waals surface area contributed by atoms with Gasteiger partial charge in [0.1, 0.15) is 10.8 Å². The van der Waals surface area contributed by atoms with Crippen molar-refractivity contribution < 1.29 is 14.7 Å². The van der Waals surface area contributed by atoms with Crippen LogP contribution in [0.1, 0.15) is 39.4 Å². The molecule has 4 rings (SSSR count). The number of carbonyl (C=O) groups is 2. The molecule has 5 N–H and O–H groups in total. The van der Waals surface area contributed by atoms with E-state index < -0.39 is 11.9 Å². The molecule has 1 fully saturated rings. The maximum Gasteiger partial charge on any atom is 0.271 e. The topological polar surface area (TPSA) is 150 Å². The molecule has 1 saturated heterocycles. The van der Waals surface area contributed by atoms with Crippen molar-refractivity contribution in [3.63, 3.8) is 0 Å². The summed E-state index contributed by atoms with van der Waals surface area (Å²) in [5.74, 6) is -0.228. The van der Waals surface area contributed by atoms with E-state index in [0.717, 1.165) is 17.8 Å². The van der Waals surface area contributed by atoms with Gasteiger partial charge in [0.25, 0.3) is 11.8 Å². The van der Waals surface area contributed by atoms with Crippen LogP contribution in [0.5, 0.6) is 0 Å². The third-order valence-corrected chi connectivity index (χ3v) is 6.88. The van der Waals surface area contributed by atoms with E-state index in [0.29, 0.717) is 29.3 Å². The van der Waals surface area contributed by atoms with Crippen molar-refractivity contribution in [3.8, 4) is 0 Å². The predicted octanol–water partition coefficient (Wildman–Crippen LogP) is 1.91. The summed E-state index contributed by atoms with van der Waals surface area (Å²) < 4.78 is 4.23. The lowest BCUT2D eigenvalue weighted by Crippen LogP contribution is -2.57. The fraction of sp³-hybridized carbons (Fsp3) is 0.375. The third-order valence-electron chi connectivity index (χ3n) is 6.09. The van der Waals surface area contributed by atoms with Gasteiger partial charge in [-0.05, 0) is 61.6 Å². The number of nitrogens with two attached hydrogens (primary N) is 1. The van der Waals surface area contributed by atoms with Gasteiger partial charge in [-0.25, -0.2) is 9.97 Å². The molecular weight excluding hydrogens is 480 g/mol. The van der Waals surface area contributed by atoms with Crippen LogP contribution in [0.25, 0.3) is 0 Å². The van der Waals surface area contributed by atoms with Gasteiger partial charge in [0, 0.05) is 31.9 Å². The summed E-state index contributed by atoms with van der Waals surface area (Å²) >= 11 is 1.23. The zero-order valence-electron chi connectivity index (χ0n) is 20.4. The molecule has 0 radical (unpaired) electrons. The Hall–Kier alpha value is -3.77.